The molecule has 2 N–H and O–H groups in total. The Hall–Kier alpha value is -1.32. The van der Waals surface area contributed by atoms with Crippen molar-refractivity contribution in [2.24, 2.45) is 5.73 Å². The second-order valence-corrected chi connectivity index (χ2v) is 4.38. The molecule has 14 heavy (non-hydrogen) atoms. The minimum Gasteiger partial charge on any atom is -0.365 e. The summed E-state index contributed by atoms with van der Waals surface area (Å²) in [5.74, 6) is -0.498. The van der Waals surface area contributed by atoms with E-state index in [0.717, 1.165) is 4.88 Å². The maximum atomic E-state index is 11.0. The molecule has 0 aliphatic rings. The van der Waals surface area contributed by atoms with Crippen LogP contribution in [0.5, 0.6) is 0 Å². The molecule has 0 aromatic carbocycles. The number of nitrogens with zero attached hydrogens (tertiary/aromatic N) is 1. The summed E-state index contributed by atoms with van der Waals surface area (Å²) in [6.45, 7) is 0. The summed E-state index contributed by atoms with van der Waals surface area (Å²) in [6, 6.07) is 3.24. The number of nitriles is 1. The average molecular weight is 227 g/mol. The highest BCUT2D eigenvalue weighted by atomic mass is 32.2. The molecule has 0 radical (unpaired) electrons. The van der Waals surface area contributed by atoms with E-state index in [1.807, 2.05) is 0 Å². The number of hydrogen-bond acceptors (Lipinski definition) is 5. The Morgan fingerprint density at radius 2 is 2.36 bits per heavy atom. The number of amides is 1. The van der Waals surface area contributed by atoms with Gasteiger partial charge < -0.3 is 5.73 Å². The lowest BCUT2D eigenvalue weighted by molar-refractivity contribution is -0.110. The van der Waals surface area contributed by atoms with Crippen molar-refractivity contribution >= 4 is 34.1 Å². The molecule has 1 amide bonds. The SMILES string of the molecule is N#CSC(=O)Cc1ccc(C(N)=O)s1.[H+]. The van der Waals surface area contributed by atoms with E-state index in [-0.39, 0.29) is 13.0 Å². The van der Waals surface area contributed by atoms with Gasteiger partial charge in [0, 0.05) is 16.6 Å². The van der Waals surface area contributed by atoms with E-state index < -0.39 is 5.91 Å². The molecule has 0 unspecified atom stereocenters. The molecule has 0 atom stereocenters. The van der Waals surface area contributed by atoms with Gasteiger partial charge in [-0.1, -0.05) is 0 Å². The van der Waals surface area contributed by atoms with Crippen molar-refractivity contribution in [1.29, 1.82) is 5.26 Å². The van der Waals surface area contributed by atoms with Crippen LogP contribution in [0.15, 0.2) is 12.1 Å². The molecular weight excluding hydrogens is 220 g/mol. The molecule has 0 fully saturated rings. The van der Waals surface area contributed by atoms with E-state index in [0.29, 0.717) is 16.6 Å². The van der Waals surface area contributed by atoms with E-state index >= 15 is 0 Å². The monoisotopic (exact) mass is 227 g/mol. The second-order valence-electron chi connectivity index (χ2n) is 2.37. The summed E-state index contributed by atoms with van der Waals surface area (Å²) < 4.78 is 0. The Kier molecular flexibility index (Phi) is 3.68. The summed E-state index contributed by atoms with van der Waals surface area (Å²) >= 11 is 1.78. The Labute approximate surface area is 90.2 Å². The highest BCUT2D eigenvalue weighted by Crippen LogP contribution is 2.18. The van der Waals surface area contributed by atoms with Gasteiger partial charge in [0.25, 0.3) is 5.91 Å². The van der Waals surface area contributed by atoms with Crippen LogP contribution in [-0.4, -0.2) is 11.0 Å². The fourth-order valence-electron chi connectivity index (χ4n) is 0.835. The van der Waals surface area contributed by atoms with Gasteiger partial charge in [0.05, 0.1) is 11.3 Å². The zero-order chi connectivity index (χ0) is 10.6. The molecule has 1 heterocycles. The molecule has 1 rings (SSSR count). The lowest BCUT2D eigenvalue weighted by atomic mass is 10.3. The van der Waals surface area contributed by atoms with Crippen LogP contribution in [0.2, 0.25) is 0 Å². The zero-order valence-electron chi connectivity index (χ0n) is 8.02. The second kappa shape index (κ2) is 4.79. The molecule has 0 aliphatic heterocycles. The number of nitrogens with two attached hydrogens (primary N) is 1. The van der Waals surface area contributed by atoms with Crippen LogP contribution >= 0.6 is 23.1 Å². The van der Waals surface area contributed by atoms with E-state index in [1.165, 1.54) is 11.3 Å². The van der Waals surface area contributed by atoms with E-state index in [2.05, 4.69) is 0 Å². The largest absolute Gasteiger partial charge is 1.00 e. The van der Waals surface area contributed by atoms with Gasteiger partial charge in [-0.15, -0.1) is 11.3 Å². The van der Waals surface area contributed by atoms with Crippen LogP contribution in [0.3, 0.4) is 0 Å². The normalized spacial score (nSPS) is 9.36. The third-order valence-corrected chi connectivity index (χ3v) is 2.95. The highest BCUT2D eigenvalue weighted by Gasteiger charge is 2.09. The third kappa shape index (κ3) is 2.87. The number of thiocyanates is 1. The van der Waals surface area contributed by atoms with Gasteiger partial charge in [-0.3, -0.25) is 9.59 Å². The Bertz CT molecular complexity index is 411. The molecule has 72 valence electrons. The number of thioether (sulfide) groups is 1. The first-order valence-corrected chi connectivity index (χ1v) is 5.24. The fourth-order valence-corrected chi connectivity index (χ4v) is 2.11. The van der Waals surface area contributed by atoms with E-state index in [1.54, 1.807) is 17.5 Å². The fraction of sp³-hybridized carbons (Fsp3) is 0.125. The molecule has 0 bridgehead atoms. The smallest absolute Gasteiger partial charge is 0.365 e. The van der Waals surface area contributed by atoms with E-state index in [4.69, 9.17) is 11.0 Å². The standard InChI is InChI=1S/C8H6N2O2S2/c9-4-13-7(11)3-5-1-2-6(14-5)8(10)12/h1-2H,3H2,(H2,10,12)/p+1. The maximum Gasteiger partial charge on any atom is 1.00 e. The molecule has 4 nitrogen and oxygen atoms in total. The lowest BCUT2D eigenvalue weighted by Gasteiger charge is -1.90. The van der Waals surface area contributed by atoms with Gasteiger partial charge in [-0.25, -0.2) is 0 Å². The van der Waals surface area contributed by atoms with Crippen molar-refractivity contribution in [2.45, 2.75) is 6.42 Å². The first-order valence-electron chi connectivity index (χ1n) is 3.60. The summed E-state index contributed by atoms with van der Waals surface area (Å²) in [4.78, 5) is 22.9. The number of primary amides is 1. The topological polar surface area (TPSA) is 83.9 Å². The number of rotatable bonds is 3. The van der Waals surface area contributed by atoms with Crippen molar-refractivity contribution in [3.8, 4) is 5.40 Å². The summed E-state index contributed by atoms with van der Waals surface area (Å²) in [5.41, 5.74) is 5.05. The predicted molar refractivity (Wildman–Crippen MR) is 55.9 cm³/mol. The van der Waals surface area contributed by atoms with Crippen LogP contribution in [0.1, 0.15) is 16.0 Å². The molecule has 0 saturated heterocycles. The summed E-state index contributed by atoms with van der Waals surface area (Å²) in [6.07, 6.45) is 0.163. The third-order valence-electron chi connectivity index (χ3n) is 1.38. The molecule has 1 aromatic heterocycles. The van der Waals surface area contributed by atoms with Crippen molar-refractivity contribution in [2.75, 3.05) is 0 Å². The van der Waals surface area contributed by atoms with Crippen molar-refractivity contribution in [3.05, 3.63) is 21.9 Å². The first-order chi connectivity index (χ1) is 6.63. The predicted octanol–water partition coefficient (Wildman–Crippen LogP) is 1.24. The molecule has 6 heteroatoms. The lowest BCUT2D eigenvalue weighted by Crippen LogP contribution is -2.08. The van der Waals surface area contributed by atoms with E-state index in [9.17, 15) is 9.59 Å². The van der Waals surface area contributed by atoms with Crippen molar-refractivity contribution < 1.29 is 11.0 Å². The minimum absolute atomic E-state index is 0. The number of thiophene rings is 1. The number of hydrogen-bond donors (Lipinski definition) is 1. The Balaban J connectivity index is 0.00000196. The van der Waals surface area contributed by atoms with Gasteiger partial charge in [0.2, 0.25) is 5.12 Å². The van der Waals surface area contributed by atoms with Gasteiger partial charge in [-0.2, -0.15) is 5.26 Å². The van der Waals surface area contributed by atoms with Crippen LogP contribution in [-0.2, 0) is 11.2 Å². The van der Waals surface area contributed by atoms with Gasteiger partial charge in [0.15, 0.2) is 0 Å². The van der Waals surface area contributed by atoms with Crippen molar-refractivity contribution in [1.82, 2.24) is 0 Å². The Morgan fingerprint density at radius 1 is 1.64 bits per heavy atom. The zero-order valence-corrected chi connectivity index (χ0v) is 8.65. The molecular formula is C8H7N2O2S2+. The van der Waals surface area contributed by atoms with Crippen LogP contribution in [0, 0.1) is 10.7 Å². The molecule has 1 aromatic rings. The summed E-state index contributed by atoms with van der Waals surface area (Å²) in [7, 11) is 0. The summed E-state index contributed by atoms with van der Waals surface area (Å²) in [5, 5.41) is 9.70. The van der Waals surface area contributed by atoms with Gasteiger partial charge in [-0.05, 0) is 12.1 Å². The number of carbonyl (C=O) groups is 2. The first kappa shape index (κ1) is 10.8. The van der Waals surface area contributed by atoms with Gasteiger partial charge in [0.1, 0.15) is 5.40 Å². The molecule has 0 spiro atoms. The minimum atomic E-state index is -0.498. The highest BCUT2D eigenvalue weighted by molar-refractivity contribution is 8.17. The number of carbonyl (C=O) groups excluding carboxylic acids is 2. The Morgan fingerprint density at radius 3 is 2.86 bits per heavy atom. The van der Waals surface area contributed by atoms with Crippen LogP contribution in [0.25, 0.3) is 0 Å². The molecule has 0 saturated carbocycles. The van der Waals surface area contributed by atoms with Crippen molar-refractivity contribution in [3.63, 3.8) is 0 Å². The maximum absolute atomic E-state index is 11.0. The van der Waals surface area contributed by atoms with Crippen LogP contribution < -0.4 is 5.73 Å². The average Bonchev–Trinajstić information content (AvgIpc) is 2.53. The van der Waals surface area contributed by atoms with Crippen LogP contribution in [0.4, 0.5) is 0 Å². The molecule has 0 aliphatic carbocycles. The van der Waals surface area contributed by atoms with Gasteiger partial charge >= 0.3 is 1.43 Å². The quantitative estimate of drug-likeness (QED) is 0.787.